The molecule has 0 saturated carbocycles. The Balaban J connectivity index is 1.37. The molecule has 3 aromatic rings. The van der Waals surface area contributed by atoms with Gasteiger partial charge in [-0.05, 0) is 48.7 Å². The van der Waals surface area contributed by atoms with Gasteiger partial charge in [0.25, 0.3) is 0 Å². The highest BCUT2D eigenvalue weighted by molar-refractivity contribution is 7.89. The first-order valence-electron chi connectivity index (χ1n) is 10.0. The molecule has 4 rings (SSSR count). The Morgan fingerprint density at radius 1 is 1.03 bits per heavy atom. The molecule has 0 radical (unpaired) electrons. The number of nitrogens with zero attached hydrogens (tertiary/aromatic N) is 4. The summed E-state index contributed by atoms with van der Waals surface area (Å²) in [4.78, 5) is 4.04. The Hall–Kier alpha value is -2.92. The number of benzene rings is 1. The van der Waals surface area contributed by atoms with Gasteiger partial charge in [0.05, 0.1) is 16.2 Å². The van der Waals surface area contributed by atoms with Gasteiger partial charge < -0.3 is 5.32 Å². The molecule has 0 amide bonds. The van der Waals surface area contributed by atoms with Crippen LogP contribution in [0.15, 0.2) is 59.8 Å². The zero-order chi connectivity index (χ0) is 22.9. The Morgan fingerprint density at radius 2 is 1.72 bits per heavy atom. The first-order valence-corrected chi connectivity index (χ1v) is 11.5. The molecule has 0 spiro atoms. The predicted octanol–water partition coefficient (Wildman–Crippen LogP) is 3.77. The molecule has 3 heterocycles. The van der Waals surface area contributed by atoms with Crippen molar-refractivity contribution in [3.05, 3.63) is 60.4 Å². The van der Waals surface area contributed by atoms with Gasteiger partial charge in [-0.1, -0.05) is 12.1 Å². The predicted molar refractivity (Wildman–Crippen MR) is 113 cm³/mol. The number of alkyl halides is 3. The van der Waals surface area contributed by atoms with E-state index in [2.05, 4.69) is 15.4 Å². The Kier molecular flexibility index (Phi) is 5.95. The molecule has 1 saturated heterocycles. The summed E-state index contributed by atoms with van der Waals surface area (Å²) in [5.74, 6) is 0.338. The lowest BCUT2D eigenvalue weighted by Crippen LogP contribution is -2.42. The van der Waals surface area contributed by atoms with E-state index in [4.69, 9.17) is 0 Å². The molecule has 0 unspecified atom stereocenters. The van der Waals surface area contributed by atoms with Crippen molar-refractivity contribution in [2.75, 3.05) is 18.4 Å². The zero-order valence-corrected chi connectivity index (χ0v) is 18.1. The molecule has 1 aliphatic rings. The molecular weight excluding hydrogens is 443 g/mol. The zero-order valence-electron chi connectivity index (χ0n) is 17.2. The molecule has 11 heteroatoms. The van der Waals surface area contributed by atoms with Crippen LogP contribution in [0.5, 0.6) is 0 Å². The van der Waals surface area contributed by atoms with Crippen molar-refractivity contribution in [1.82, 2.24) is 19.1 Å². The maximum atomic E-state index is 13.0. The van der Waals surface area contributed by atoms with Gasteiger partial charge in [-0.3, -0.25) is 4.68 Å². The van der Waals surface area contributed by atoms with Gasteiger partial charge in [0.1, 0.15) is 5.82 Å². The van der Waals surface area contributed by atoms with E-state index >= 15 is 0 Å². The number of sulfonamides is 1. The van der Waals surface area contributed by atoms with Crippen LogP contribution in [-0.2, 0) is 23.2 Å². The molecule has 7 nitrogen and oxygen atoms in total. The van der Waals surface area contributed by atoms with Crippen LogP contribution in [-0.4, -0.2) is 46.6 Å². The van der Waals surface area contributed by atoms with Gasteiger partial charge >= 0.3 is 6.18 Å². The van der Waals surface area contributed by atoms with Gasteiger partial charge in [-0.15, -0.1) is 0 Å². The first-order chi connectivity index (χ1) is 15.1. The fourth-order valence-electron chi connectivity index (χ4n) is 3.70. The topological polar surface area (TPSA) is 80.1 Å². The summed E-state index contributed by atoms with van der Waals surface area (Å²) in [5.41, 5.74) is 0.951. The van der Waals surface area contributed by atoms with E-state index in [1.165, 1.54) is 10.4 Å². The van der Waals surface area contributed by atoms with Gasteiger partial charge in [0.15, 0.2) is 0 Å². The SMILES string of the molecule is Cn1nccc1-c1ccc(S(=O)(=O)N2CCC(Nc3ccc(C(F)(F)F)cn3)CC2)cc1. The van der Waals surface area contributed by atoms with Crippen molar-refractivity contribution in [2.24, 2.45) is 7.05 Å². The summed E-state index contributed by atoms with van der Waals surface area (Å²) in [6.07, 6.45) is -0.916. The first kappa shape index (κ1) is 22.3. The Bertz CT molecular complexity index is 1170. The van der Waals surface area contributed by atoms with Crippen molar-refractivity contribution < 1.29 is 21.6 Å². The minimum Gasteiger partial charge on any atom is -0.367 e. The minimum absolute atomic E-state index is 0.0714. The van der Waals surface area contributed by atoms with Gasteiger partial charge in [-0.2, -0.15) is 22.6 Å². The highest BCUT2D eigenvalue weighted by atomic mass is 32.2. The highest BCUT2D eigenvalue weighted by Crippen LogP contribution is 2.29. The maximum absolute atomic E-state index is 13.0. The van der Waals surface area contributed by atoms with E-state index in [0.717, 1.165) is 23.5 Å². The molecule has 32 heavy (non-hydrogen) atoms. The number of hydrogen-bond donors (Lipinski definition) is 1. The minimum atomic E-state index is -4.43. The summed E-state index contributed by atoms with van der Waals surface area (Å²) < 4.78 is 67.2. The summed E-state index contributed by atoms with van der Waals surface area (Å²) in [6, 6.07) is 10.7. The van der Waals surface area contributed by atoms with E-state index in [9.17, 15) is 21.6 Å². The van der Waals surface area contributed by atoms with E-state index < -0.39 is 21.8 Å². The lowest BCUT2D eigenvalue weighted by atomic mass is 10.1. The van der Waals surface area contributed by atoms with Crippen LogP contribution in [0.4, 0.5) is 19.0 Å². The third-order valence-electron chi connectivity index (χ3n) is 5.51. The van der Waals surface area contributed by atoms with Crippen molar-refractivity contribution in [2.45, 2.75) is 30.0 Å². The van der Waals surface area contributed by atoms with Gasteiger partial charge in [0.2, 0.25) is 10.0 Å². The molecule has 0 aliphatic carbocycles. The summed E-state index contributed by atoms with van der Waals surface area (Å²) >= 11 is 0. The van der Waals surface area contributed by atoms with E-state index in [0.29, 0.717) is 31.7 Å². The number of anilines is 1. The van der Waals surface area contributed by atoms with Crippen molar-refractivity contribution >= 4 is 15.8 Å². The smallest absolute Gasteiger partial charge is 0.367 e. The number of aromatic nitrogens is 3. The highest BCUT2D eigenvalue weighted by Gasteiger charge is 2.31. The second-order valence-corrected chi connectivity index (χ2v) is 9.55. The maximum Gasteiger partial charge on any atom is 0.417 e. The lowest BCUT2D eigenvalue weighted by Gasteiger charge is -2.32. The molecule has 1 fully saturated rings. The standard InChI is InChI=1S/C21H22F3N5O2S/c1-28-19(8-11-26-28)15-2-5-18(6-3-15)32(30,31)29-12-9-17(10-13-29)27-20-7-4-16(14-25-20)21(22,23)24/h2-8,11,14,17H,9-10,12-13H2,1H3,(H,25,27). The molecule has 0 atom stereocenters. The summed E-state index contributed by atoms with van der Waals surface area (Å²) in [6.45, 7) is 0.619. The molecule has 0 bridgehead atoms. The lowest BCUT2D eigenvalue weighted by molar-refractivity contribution is -0.137. The molecular formula is C21H22F3N5O2S. The van der Waals surface area contributed by atoms with Gasteiger partial charge in [0, 0.05) is 38.6 Å². The Labute approximate surface area is 183 Å². The fraction of sp³-hybridized carbons (Fsp3) is 0.333. The molecule has 1 aromatic carbocycles. The second kappa shape index (κ2) is 8.55. The van der Waals surface area contributed by atoms with Crippen molar-refractivity contribution in [3.8, 4) is 11.3 Å². The van der Waals surface area contributed by atoms with Crippen LogP contribution >= 0.6 is 0 Å². The van der Waals surface area contributed by atoms with Gasteiger partial charge in [-0.25, -0.2) is 13.4 Å². The summed E-state index contributed by atoms with van der Waals surface area (Å²) in [7, 11) is -1.82. The van der Waals surface area contributed by atoms with Crippen molar-refractivity contribution in [1.29, 1.82) is 0 Å². The number of aryl methyl sites for hydroxylation is 1. The third kappa shape index (κ3) is 4.63. The molecule has 1 aliphatic heterocycles. The number of nitrogens with one attached hydrogen (secondary N) is 1. The average molecular weight is 466 g/mol. The molecule has 170 valence electrons. The van der Waals surface area contributed by atoms with Crippen LogP contribution in [0.25, 0.3) is 11.3 Å². The average Bonchev–Trinajstić information content (AvgIpc) is 3.20. The van der Waals surface area contributed by atoms with Crippen LogP contribution in [0, 0.1) is 0 Å². The monoisotopic (exact) mass is 465 g/mol. The third-order valence-corrected chi connectivity index (χ3v) is 7.42. The second-order valence-electron chi connectivity index (χ2n) is 7.62. The Morgan fingerprint density at radius 3 is 2.25 bits per heavy atom. The van der Waals surface area contributed by atoms with Crippen molar-refractivity contribution in [3.63, 3.8) is 0 Å². The number of hydrogen-bond acceptors (Lipinski definition) is 5. The fourth-order valence-corrected chi connectivity index (χ4v) is 5.17. The number of pyridine rings is 1. The number of piperidine rings is 1. The largest absolute Gasteiger partial charge is 0.417 e. The van der Waals surface area contributed by atoms with Crippen LogP contribution in [0.2, 0.25) is 0 Å². The normalized spacial score (nSPS) is 16.2. The quantitative estimate of drug-likeness (QED) is 0.621. The van der Waals surface area contributed by atoms with Crippen LogP contribution < -0.4 is 5.32 Å². The van der Waals surface area contributed by atoms with Crippen LogP contribution in [0.3, 0.4) is 0 Å². The van der Waals surface area contributed by atoms with E-state index in [1.807, 2.05) is 13.1 Å². The molecule has 1 N–H and O–H groups in total. The summed E-state index contributed by atoms with van der Waals surface area (Å²) in [5, 5.41) is 7.21. The van der Waals surface area contributed by atoms with Crippen LogP contribution in [0.1, 0.15) is 18.4 Å². The number of halogens is 3. The number of rotatable bonds is 5. The van der Waals surface area contributed by atoms with E-state index in [1.54, 1.807) is 35.1 Å². The van der Waals surface area contributed by atoms with E-state index in [-0.39, 0.29) is 10.9 Å². The molecule has 2 aromatic heterocycles.